The van der Waals surface area contributed by atoms with Crippen LogP contribution in [0.2, 0.25) is 0 Å². The highest BCUT2D eigenvalue weighted by atomic mass is 19.4. The smallest absolute Gasteiger partial charge is 0.373 e. The van der Waals surface area contributed by atoms with Crippen LogP contribution in [0.5, 0.6) is 0 Å². The Morgan fingerprint density at radius 2 is 1.77 bits per heavy atom. The maximum atomic E-state index is 12.8. The van der Waals surface area contributed by atoms with Gasteiger partial charge in [0.2, 0.25) is 5.91 Å². The number of amides is 2. The van der Waals surface area contributed by atoms with Crippen LogP contribution in [-0.2, 0) is 11.0 Å². The van der Waals surface area contributed by atoms with Gasteiger partial charge in [-0.1, -0.05) is 12.1 Å². The Labute approximate surface area is 202 Å². The molecule has 1 aliphatic carbocycles. The lowest BCUT2D eigenvalue weighted by molar-refractivity contribution is -0.137. The van der Waals surface area contributed by atoms with Gasteiger partial charge in [-0.2, -0.15) is 13.2 Å². The molecule has 7 nitrogen and oxygen atoms in total. The summed E-state index contributed by atoms with van der Waals surface area (Å²) in [6, 6.07) is 10.7. The summed E-state index contributed by atoms with van der Waals surface area (Å²) in [6.07, 6.45) is -0.189. The van der Waals surface area contributed by atoms with E-state index in [0.29, 0.717) is 12.0 Å². The third kappa shape index (κ3) is 6.30. The van der Waals surface area contributed by atoms with E-state index in [-0.39, 0.29) is 24.1 Å². The molecule has 2 heterocycles. The van der Waals surface area contributed by atoms with Crippen molar-refractivity contribution < 1.29 is 22.8 Å². The molecule has 2 amide bonds. The molecule has 1 saturated carbocycles. The van der Waals surface area contributed by atoms with E-state index in [9.17, 15) is 22.8 Å². The monoisotopic (exact) mass is 489 g/mol. The van der Waals surface area contributed by atoms with E-state index < -0.39 is 17.6 Å². The van der Waals surface area contributed by atoms with Crippen LogP contribution in [0.15, 0.2) is 42.5 Å². The zero-order valence-corrected chi connectivity index (χ0v) is 19.6. The van der Waals surface area contributed by atoms with Gasteiger partial charge >= 0.3 is 6.18 Å². The molecule has 4 rings (SSSR count). The van der Waals surface area contributed by atoms with Gasteiger partial charge in [-0.05, 0) is 56.0 Å². The van der Waals surface area contributed by atoms with Gasteiger partial charge in [-0.15, -0.1) is 0 Å². The van der Waals surface area contributed by atoms with Crippen molar-refractivity contribution in [3.8, 4) is 0 Å². The number of rotatable bonds is 7. The Morgan fingerprint density at radius 3 is 2.46 bits per heavy atom. The van der Waals surface area contributed by atoms with Crippen LogP contribution in [-0.4, -0.2) is 60.5 Å². The molecule has 2 aromatic rings. The summed E-state index contributed by atoms with van der Waals surface area (Å²) in [6.45, 7) is 1.24. The fraction of sp³-hybridized carbons (Fsp3) is 0.480. The fourth-order valence-electron chi connectivity index (χ4n) is 4.83. The first-order valence-electron chi connectivity index (χ1n) is 11.9. The number of hydrogen-bond acceptors (Lipinski definition) is 5. The first-order valence-corrected chi connectivity index (χ1v) is 11.9. The van der Waals surface area contributed by atoms with Crippen molar-refractivity contribution >= 4 is 17.6 Å². The van der Waals surface area contributed by atoms with Crippen LogP contribution in [0.25, 0.3) is 0 Å². The summed E-state index contributed by atoms with van der Waals surface area (Å²) in [4.78, 5) is 31.4. The Kier molecular flexibility index (Phi) is 7.59. The molecule has 1 aromatic heterocycles. The molecule has 0 radical (unpaired) electrons. The maximum Gasteiger partial charge on any atom is 0.416 e. The van der Waals surface area contributed by atoms with E-state index in [1.54, 1.807) is 0 Å². The van der Waals surface area contributed by atoms with Crippen molar-refractivity contribution in [2.45, 2.75) is 49.9 Å². The standard InChI is InChI=1S/C25H30F3N5O2/c1-29-22-7-3-6-21(32-22)16-8-10-20(11-9-16)33-14-19(15-33)31-23(34)13-30-24(35)17-4-2-5-18(12-17)25(26,27)28/h2-7,12,16,19-20H,8-11,13-15H2,1H3,(H,29,32)(H,30,35)(H,31,34)/t16-,20+. The van der Waals surface area contributed by atoms with Gasteiger partial charge < -0.3 is 16.0 Å². The number of aromatic nitrogens is 1. The molecule has 3 N–H and O–H groups in total. The van der Waals surface area contributed by atoms with Gasteiger partial charge in [0.1, 0.15) is 5.82 Å². The average Bonchev–Trinajstić information content (AvgIpc) is 2.84. The SMILES string of the molecule is CNc1cccc([C@H]2CC[C@@H](N3CC(NC(=O)CNC(=O)c4cccc(C(F)(F)F)c4)C3)CC2)n1. The molecule has 10 heteroatoms. The van der Waals surface area contributed by atoms with E-state index in [2.05, 4.69) is 31.9 Å². The van der Waals surface area contributed by atoms with Crippen molar-refractivity contribution in [3.63, 3.8) is 0 Å². The number of hydrogen-bond donors (Lipinski definition) is 3. The van der Waals surface area contributed by atoms with E-state index in [1.165, 1.54) is 12.1 Å². The lowest BCUT2D eigenvalue weighted by atomic mass is 9.82. The van der Waals surface area contributed by atoms with E-state index in [4.69, 9.17) is 0 Å². The van der Waals surface area contributed by atoms with Crippen molar-refractivity contribution in [3.05, 3.63) is 59.3 Å². The molecule has 35 heavy (non-hydrogen) atoms. The molecule has 2 fully saturated rings. The minimum atomic E-state index is -4.53. The van der Waals surface area contributed by atoms with Crippen molar-refractivity contribution in [2.75, 3.05) is 32.0 Å². The summed E-state index contributed by atoms with van der Waals surface area (Å²) in [5.74, 6) is 0.288. The summed E-state index contributed by atoms with van der Waals surface area (Å²) >= 11 is 0. The Hall–Kier alpha value is -3.14. The predicted octanol–water partition coefficient (Wildman–Crippen LogP) is 3.40. The van der Waals surface area contributed by atoms with Gasteiger partial charge in [-0.3, -0.25) is 14.5 Å². The zero-order chi connectivity index (χ0) is 25.0. The highest BCUT2D eigenvalue weighted by Crippen LogP contribution is 2.35. The van der Waals surface area contributed by atoms with Crippen LogP contribution in [0.4, 0.5) is 19.0 Å². The Bertz CT molecular complexity index is 1050. The number of alkyl halides is 3. The van der Waals surface area contributed by atoms with Gasteiger partial charge in [-0.25, -0.2) is 4.98 Å². The molecular weight excluding hydrogens is 459 g/mol. The quantitative estimate of drug-likeness (QED) is 0.555. The van der Waals surface area contributed by atoms with Gasteiger partial charge in [0.25, 0.3) is 5.91 Å². The molecule has 0 unspecified atom stereocenters. The first kappa shape index (κ1) is 25.0. The number of halogens is 3. The second-order valence-corrected chi connectivity index (χ2v) is 9.18. The average molecular weight is 490 g/mol. The lowest BCUT2D eigenvalue weighted by Gasteiger charge is -2.46. The lowest BCUT2D eigenvalue weighted by Crippen LogP contribution is -2.63. The molecule has 0 bridgehead atoms. The highest BCUT2D eigenvalue weighted by Gasteiger charge is 2.36. The van der Waals surface area contributed by atoms with E-state index >= 15 is 0 Å². The van der Waals surface area contributed by atoms with Crippen LogP contribution >= 0.6 is 0 Å². The number of carbonyl (C=O) groups excluding carboxylic acids is 2. The second kappa shape index (κ2) is 10.6. The van der Waals surface area contributed by atoms with Crippen molar-refractivity contribution in [2.24, 2.45) is 0 Å². The first-order chi connectivity index (χ1) is 16.7. The summed E-state index contributed by atoms with van der Waals surface area (Å²) in [5, 5.41) is 8.36. The number of nitrogens with one attached hydrogen (secondary N) is 3. The van der Waals surface area contributed by atoms with E-state index in [1.807, 2.05) is 19.2 Å². The predicted molar refractivity (Wildman–Crippen MR) is 126 cm³/mol. The molecule has 0 atom stereocenters. The van der Waals surface area contributed by atoms with E-state index in [0.717, 1.165) is 62.4 Å². The maximum absolute atomic E-state index is 12.8. The van der Waals surface area contributed by atoms with Crippen LogP contribution in [0.3, 0.4) is 0 Å². The number of likely N-dealkylation sites (tertiary alicyclic amines) is 1. The topological polar surface area (TPSA) is 86.4 Å². The van der Waals surface area contributed by atoms with Crippen LogP contribution < -0.4 is 16.0 Å². The summed E-state index contributed by atoms with van der Waals surface area (Å²) < 4.78 is 38.5. The van der Waals surface area contributed by atoms with Gasteiger partial charge in [0, 0.05) is 43.4 Å². The van der Waals surface area contributed by atoms with Gasteiger partial charge in [0.15, 0.2) is 0 Å². The minimum absolute atomic E-state index is 0.0136. The third-order valence-electron chi connectivity index (χ3n) is 6.79. The summed E-state index contributed by atoms with van der Waals surface area (Å²) in [5.41, 5.74) is 0.100. The van der Waals surface area contributed by atoms with Crippen molar-refractivity contribution in [1.29, 1.82) is 0 Å². The number of carbonyl (C=O) groups is 2. The minimum Gasteiger partial charge on any atom is -0.373 e. The normalized spacial score (nSPS) is 21.1. The number of pyridine rings is 1. The largest absolute Gasteiger partial charge is 0.416 e. The Morgan fingerprint density at radius 1 is 1.06 bits per heavy atom. The second-order valence-electron chi connectivity index (χ2n) is 9.18. The number of nitrogens with zero attached hydrogens (tertiary/aromatic N) is 2. The molecular formula is C25H30F3N5O2. The van der Waals surface area contributed by atoms with Crippen LogP contribution in [0.1, 0.15) is 53.2 Å². The molecule has 1 aromatic carbocycles. The molecule has 2 aliphatic rings. The molecule has 0 spiro atoms. The fourth-order valence-corrected chi connectivity index (χ4v) is 4.83. The summed E-state index contributed by atoms with van der Waals surface area (Å²) in [7, 11) is 1.87. The molecule has 188 valence electrons. The zero-order valence-electron chi connectivity index (χ0n) is 19.6. The Balaban J connectivity index is 1.16. The van der Waals surface area contributed by atoms with Crippen molar-refractivity contribution in [1.82, 2.24) is 20.5 Å². The highest BCUT2D eigenvalue weighted by molar-refractivity contribution is 5.96. The molecule has 1 aliphatic heterocycles. The third-order valence-corrected chi connectivity index (χ3v) is 6.79. The number of benzene rings is 1. The molecule has 1 saturated heterocycles. The van der Waals surface area contributed by atoms with Gasteiger partial charge in [0.05, 0.1) is 18.2 Å². The number of anilines is 1. The van der Waals surface area contributed by atoms with Crippen LogP contribution in [0, 0.1) is 0 Å².